The summed E-state index contributed by atoms with van der Waals surface area (Å²) in [5.74, 6) is 1.78. The fourth-order valence-corrected chi connectivity index (χ4v) is 4.38. The number of benzene rings is 1. The molecule has 6 heteroatoms. The van der Waals surface area contributed by atoms with Gasteiger partial charge in [-0.15, -0.1) is 0 Å². The number of methoxy groups -OCH3 is 1. The van der Waals surface area contributed by atoms with E-state index in [1.54, 1.807) is 25.5 Å². The van der Waals surface area contributed by atoms with Crippen LogP contribution in [0.25, 0.3) is 0 Å². The summed E-state index contributed by atoms with van der Waals surface area (Å²) in [5, 5.41) is 0. The van der Waals surface area contributed by atoms with Gasteiger partial charge in [0.2, 0.25) is 0 Å². The number of aromatic nitrogens is 1. The van der Waals surface area contributed by atoms with E-state index in [2.05, 4.69) is 22.0 Å². The highest BCUT2D eigenvalue weighted by atomic mass is 16.5. The van der Waals surface area contributed by atoms with Crippen LogP contribution < -0.4 is 9.47 Å². The number of carbonyl (C=O) groups is 1. The van der Waals surface area contributed by atoms with Gasteiger partial charge in [-0.05, 0) is 82.6 Å². The van der Waals surface area contributed by atoms with Crippen LogP contribution in [0, 0.1) is 0 Å². The van der Waals surface area contributed by atoms with Gasteiger partial charge in [0.05, 0.1) is 18.4 Å². The van der Waals surface area contributed by atoms with Crippen LogP contribution in [0.1, 0.15) is 54.6 Å². The summed E-state index contributed by atoms with van der Waals surface area (Å²) in [6, 6.07) is 11.5. The van der Waals surface area contributed by atoms with Gasteiger partial charge in [-0.2, -0.15) is 0 Å². The number of hydrogen-bond acceptors (Lipinski definition) is 5. The van der Waals surface area contributed by atoms with Crippen LogP contribution in [0.3, 0.4) is 0 Å². The van der Waals surface area contributed by atoms with Crippen molar-refractivity contribution in [2.24, 2.45) is 0 Å². The van der Waals surface area contributed by atoms with Crippen molar-refractivity contribution < 1.29 is 14.3 Å². The Bertz CT molecular complexity index is 921. The molecule has 0 unspecified atom stereocenters. The predicted octanol–water partition coefficient (Wildman–Crippen LogP) is 4.45. The molecule has 4 rings (SSSR count). The van der Waals surface area contributed by atoms with E-state index in [-0.39, 0.29) is 5.91 Å². The highest BCUT2D eigenvalue weighted by Gasteiger charge is 2.25. The van der Waals surface area contributed by atoms with Crippen LogP contribution >= 0.6 is 0 Å². The van der Waals surface area contributed by atoms with E-state index in [1.807, 2.05) is 30.2 Å². The van der Waals surface area contributed by atoms with E-state index in [0.717, 1.165) is 38.2 Å². The number of amides is 1. The molecule has 1 aromatic heterocycles. The van der Waals surface area contributed by atoms with Gasteiger partial charge in [0.25, 0.3) is 5.91 Å². The molecule has 0 aliphatic carbocycles. The Morgan fingerprint density at radius 3 is 2.68 bits per heavy atom. The van der Waals surface area contributed by atoms with Gasteiger partial charge in [0.1, 0.15) is 17.8 Å². The molecule has 164 valence electrons. The third kappa shape index (κ3) is 5.07. The highest BCUT2D eigenvalue weighted by Crippen LogP contribution is 2.30. The predicted molar refractivity (Wildman–Crippen MR) is 120 cm³/mol. The first kappa shape index (κ1) is 21.4. The number of allylic oxidation sites excluding steroid dienone is 1. The van der Waals surface area contributed by atoms with E-state index in [4.69, 9.17) is 9.47 Å². The van der Waals surface area contributed by atoms with E-state index in [1.165, 1.54) is 18.5 Å². The van der Waals surface area contributed by atoms with Gasteiger partial charge in [-0.3, -0.25) is 9.78 Å². The first-order valence-electron chi connectivity index (χ1n) is 11.1. The van der Waals surface area contributed by atoms with Crippen LogP contribution in [0.15, 0.2) is 54.6 Å². The molecule has 0 bridgehead atoms. The van der Waals surface area contributed by atoms with Crippen molar-refractivity contribution in [3.63, 3.8) is 0 Å². The summed E-state index contributed by atoms with van der Waals surface area (Å²) in [4.78, 5) is 22.0. The van der Waals surface area contributed by atoms with E-state index in [9.17, 15) is 4.79 Å². The number of hydrogen-bond donors (Lipinski definition) is 0. The Labute approximate surface area is 184 Å². The molecule has 31 heavy (non-hydrogen) atoms. The Morgan fingerprint density at radius 1 is 1.13 bits per heavy atom. The second-order valence-electron chi connectivity index (χ2n) is 8.27. The molecule has 1 saturated heterocycles. The molecule has 3 heterocycles. The lowest BCUT2D eigenvalue weighted by atomic mass is 9.93. The third-order valence-electron chi connectivity index (χ3n) is 6.24. The first-order chi connectivity index (χ1) is 15.2. The zero-order valence-electron chi connectivity index (χ0n) is 18.4. The lowest BCUT2D eigenvalue weighted by Crippen LogP contribution is -2.34. The van der Waals surface area contributed by atoms with Gasteiger partial charge in [-0.25, -0.2) is 0 Å². The molecule has 1 amide bonds. The van der Waals surface area contributed by atoms with Crippen LogP contribution in [0.4, 0.5) is 0 Å². The van der Waals surface area contributed by atoms with Crippen molar-refractivity contribution in [2.45, 2.75) is 38.5 Å². The largest absolute Gasteiger partial charge is 0.497 e. The average molecular weight is 422 g/mol. The maximum Gasteiger partial charge on any atom is 0.262 e. The summed E-state index contributed by atoms with van der Waals surface area (Å²) in [7, 11) is 1.60. The number of likely N-dealkylation sites (tertiary alicyclic amines) is 1. The van der Waals surface area contributed by atoms with Gasteiger partial charge >= 0.3 is 0 Å². The summed E-state index contributed by atoms with van der Waals surface area (Å²) in [6.07, 6.45) is 7.91. The molecule has 0 saturated carbocycles. The van der Waals surface area contributed by atoms with Crippen LogP contribution in [-0.2, 0) is 0 Å². The minimum atomic E-state index is -0.0312. The molecule has 0 N–H and O–H groups in total. The zero-order valence-corrected chi connectivity index (χ0v) is 18.4. The van der Waals surface area contributed by atoms with E-state index < -0.39 is 0 Å². The fraction of sp³-hybridized carbons (Fsp3) is 0.440. The molecule has 2 aromatic rings. The molecule has 1 fully saturated rings. The van der Waals surface area contributed by atoms with Gasteiger partial charge < -0.3 is 19.3 Å². The topological polar surface area (TPSA) is 54.9 Å². The van der Waals surface area contributed by atoms with Crippen molar-refractivity contribution in [1.82, 2.24) is 14.8 Å². The molecule has 6 nitrogen and oxygen atoms in total. The maximum absolute atomic E-state index is 13.1. The molecule has 2 aliphatic rings. The first-order valence-corrected chi connectivity index (χ1v) is 11.1. The summed E-state index contributed by atoms with van der Waals surface area (Å²) in [5.41, 5.74) is 2.60. The Kier molecular flexibility index (Phi) is 6.87. The number of unbranched alkanes of at least 4 members (excludes halogenated alkanes) is 1. The second-order valence-corrected chi connectivity index (χ2v) is 8.27. The van der Waals surface area contributed by atoms with Crippen molar-refractivity contribution in [3.8, 4) is 11.5 Å². The van der Waals surface area contributed by atoms with Crippen molar-refractivity contribution in [1.29, 1.82) is 0 Å². The van der Waals surface area contributed by atoms with E-state index in [0.29, 0.717) is 29.5 Å². The van der Waals surface area contributed by atoms with Crippen molar-refractivity contribution >= 4 is 5.91 Å². The maximum atomic E-state index is 13.1. The quantitative estimate of drug-likeness (QED) is 0.619. The number of ether oxygens (including phenoxy) is 2. The molecule has 0 radical (unpaired) electrons. The minimum Gasteiger partial charge on any atom is -0.497 e. The lowest BCUT2D eigenvalue weighted by molar-refractivity contribution is 0.0803. The SMILES string of the molecule is COc1ccc2c(c1)C(=O)N(CCCCN1CCC(c3ccccn3)CC1)C(C)=CO2. The minimum absolute atomic E-state index is 0.0312. The smallest absolute Gasteiger partial charge is 0.262 e. The number of fused-ring (bicyclic) bond motifs is 1. The van der Waals surface area contributed by atoms with Crippen molar-refractivity contribution in [3.05, 3.63) is 65.8 Å². The molecule has 2 aliphatic heterocycles. The molecule has 1 aromatic carbocycles. The Hall–Kier alpha value is -2.86. The van der Waals surface area contributed by atoms with Crippen LogP contribution in [0.5, 0.6) is 11.5 Å². The number of carbonyl (C=O) groups excluding carboxylic acids is 1. The van der Waals surface area contributed by atoms with Crippen LogP contribution in [-0.4, -0.2) is 54.0 Å². The molecular weight excluding hydrogens is 390 g/mol. The normalized spacial score (nSPS) is 17.5. The van der Waals surface area contributed by atoms with E-state index >= 15 is 0 Å². The monoisotopic (exact) mass is 421 g/mol. The van der Waals surface area contributed by atoms with Gasteiger partial charge in [0.15, 0.2) is 0 Å². The molecule has 0 spiro atoms. The summed E-state index contributed by atoms with van der Waals surface area (Å²) < 4.78 is 11.0. The number of piperidine rings is 1. The van der Waals surface area contributed by atoms with Gasteiger partial charge in [0, 0.05) is 24.4 Å². The second kappa shape index (κ2) is 9.96. The fourth-order valence-electron chi connectivity index (χ4n) is 4.38. The average Bonchev–Trinajstić information content (AvgIpc) is 2.94. The Balaban J connectivity index is 1.26. The Morgan fingerprint density at radius 2 is 1.94 bits per heavy atom. The number of rotatable bonds is 7. The lowest BCUT2D eigenvalue weighted by Gasteiger charge is -2.31. The third-order valence-corrected chi connectivity index (χ3v) is 6.24. The summed E-state index contributed by atoms with van der Waals surface area (Å²) in [6.45, 7) is 5.91. The van der Waals surface area contributed by atoms with Gasteiger partial charge in [-0.1, -0.05) is 6.07 Å². The highest BCUT2D eigenvalue weighted by molar-refractivity contribution is 5.98. The standard InChI is InChI=1S/C25H31N3O3/c1-19-18-31-24-9-8-21(30-2)17-22(24)25(29)28(19)14-6-5-13-27-15-10-20(11-16-27)23-7-3-4-12-26-23/h3-4,7-9,12,17-18,20H,5-6,10-11,13-16H2,1-2H3. The molecular formula is C25H31N3O3. The number of pyridine rings is 1. The van der Waals surface area contributed by atoms with Crippen molar-refractivity contribution in [2.75, 3.05) is 33.3 Å². The molecule has 0 atom stereocenters. The zero-order chi connectivity index (χ0) is 21.6. The number of nitrogens with zero attached hydrogens (tertiary/aromatic N) is 3. The van der Waals surface area contributed by atoms with Crippen LogP contribution in [0.2, 0.25) is 0 Å². The summed E-state index contributed by atoms with van der Waals surface area (Å²) >= 11 is 0.